The molecule has 0 saturated carbocycles. The van der Waals surface area contributed by atoms with E-state index in [2.05, 4.69) is 19.6 Å². The van der Waals surface area contributed by atoms with Gasteiger partial charge in [0, 0.05) is 46.8 Å². The van der Waals surface area contributed by atoms with Gasteiger partial charge in [-0.1, -0.05) is 12.1 Å². The molecule has 0 spiro atoms. The van der Waals surface area contributed by atoms with Crippen LogP contribution in [0.2, 0.25) is 0 Å². The van der Waals surface area contributed by atoms with E-state index in [1.54, 1.807) is 19.2 Å². The number of imidazole rings is 1. The molecule has 1 aromatic carbocycles. The zero-order chi connectivity index (χ0) is 22.3. The number of aryl methyl sites for hydroxylation is 1. The normalized spacial score (nSPS) is 15.6. The van der Waals surface area contributed by atoms with Crippen molar-refractivity contribution in [1.29, 1.82) is 0 Å². The number of piperazine rings is 1. The summed E-state index contributed by atoms with van der Waals surface area (Å²) in [6.07, 6.45) is -4.70. The Hall–Kier alpha value is -3.28. The van der Waals surface area contributed by atoms with Gasteiger partial charge in [0.05, 0.1) is 0 Å². The summed E-state index contributed by atoms with van der Waals surface area (Å²) in [5, 5.41) is 0. The minimum atomic E-state index is -4.70. The number of nitrogens with zero attached hydrogens (tertiary/aromatic N) is 5. The van der Waals surface area contributed by atoms with E-state index >= 15 is 0 Å². The van der Waals surface area contributed by atoms with Crippen molar-refractivity contribution < 1.29 is 17.9 Å². The van der Waals surface area contributed by atoms with E-state index in [0.717, 1.165) is 10.1 Å². The van der Waals surface area contributed by atoms with Gasteiger partial charge in [0.1, 0.15) is 11.4 Å². The summed E-state index contributed by atoms with van der Waals surface area (Å²) in [6, 6.07) is 5.84. The van der Waals surface area contributed by atoms with Gasteiger partial charge in [-0.2, -0.15) is 0 Å². The number of aromatic nitrogens is 4. The third-order valence-corrected chi connectivity index (χ3v) is 5.32. The van der Waals surface area contributed by atoms with Gasteiger partial charge in [-0.3, -0.25) is 18.8 Å². The molecule has 1 aliphatic heterocycles. The van der Waals surface area contributed by atoms with E-state index in [1.807, 2.05) is 4.90 Å². The number of fused-ring (bicyclic) bond motifs is 1. The Morgan fingerprint density at radius 2 is 1.68 bits per heavy atom. The van der Waals surface area contributed by atoms with E-state index in [1.165, 1.54) is 23.7 Å². The highest BCUT2D eigenvalue weighted by Gasteiger charge is 2.31. The van der Waals surface area contributed by atoms with Crippen LogP contribution in [-0.2, 0) is 20.6 Å². The molecule has 9 nitrogen and oxygen atoms in total. The molecule has 1 fully saturated rings. The number of anilines is 1. The highest BCUT2D eigenvalue weighted by Crippen LogP contribution is 2.23. The Morgan fingerprint density at radius 3 is 2.29 bits per heavy atom. The van der Waals surface area contributed by atoms with E-state index in [4.69, 9.17) is 0 Å². The van der Waals surface area contributed by atoms with Crippen LogP contribution in [0, 0.1) is 0 Å². The Morgan fingerprint density at radius 1 is 1.03 bits per heavy atom. The number of hydrogen-bond donors (Lipinski definition) is 1. The first-order valence-corrected chi connectivity index (χ1v) is 9.60. The fourth-order valence-corrected chi connectivity index (χ4v) is 3.63. The molecule has 0 bridgehead atoms. The van der Waals surface area contributed by atoms with Crippen molar-refractivity contribution in [1.82, 2.24) is 24.0 Å². The van der Waals surface area contributed by atoms with Crippen molar-refractivity contribution >= 4 is 17.1 Å². The summed E-state index contributed by atoms with van der Waals surface area (Å²) in [5.41, 5.74) is 0.599. The van der Waals surface area contributed by atoms with Crippen molar-refractivity contribution in [2.45, 2.75) is 12.9 Å². The van der Waals surface area contributed by atoms with Crippen LogP contribution in [0.15, 0.2) is 33.9 Å². The Balaban J connectivity index is 1.41. The monoisotopic (exact) mass is 438 g/mol. The van der Waals surface area contributed by atoms with E-state index in [0.29, 0.717) is 44.3 Å². The summed E-state index contributed by atoms with van der Waals surface area (Å²) in [5.74, 6) is 0.285. The maximum absolute atomic E-state index is 12.3. The van der Waals surface area contributed by atoms with Crippen LogP contribution >= 0.6 is 0 Å². The van der Waals surface area contributed by atoms with Crippen LogP contribution in [0.5, 0.6) is 5.75 Å². The second kappa shape index (κ2) is 7.76. The lowest BCUT2D eigenvalue weighted by atomic mass is 10.2. The Labute approximate surface area is 174 Å². The van der Waals surface area contributed by atoms with E-state index in [-0.39, 0.29) is 11.3 Å². The lowest BCUT2D eigenvalue weighted by Crippen LogP contribution is -2.46. The van der Waals surface area contributed by atoms with Gasteiger partial charge in [0.25, 0.3) is 5.56 Å². The van der Waals surface area contributed by atoms with E-state index in [9.17, 15) is 22.8 Å². The summed E-state index contributed by atoms with van der Waals surface area (Å²) >= 11 is 0. The lowest BCUT2D eigenvalue weighted by molar-refractivity contribution is -0.274. The van der Waals surface area contributed by atoms with Crippen LogP contribution in [0.4, 0.5) is 19.1 Å². The first-order valence-electron chi connectivity index (χ1n) is 9.60. The number of alkyl halides is 3. The van der Waals surface area contributed by atoms with Crippen molar-refractivity contribution in [3.63, 3.8) is 0 Å². The van der Waals surface area contributed by atoms with Crippen molar-refractivity contribution in [2.75, 3.05) is 31.1 Å². The highest BCUT2D eigenvalue weighted by molar-refractivity contribution is 5.73. The van der Waals surface area contributed by atoms with Crippen LogP contribution < -0.4 is 20.9 Å². The van der Waals surface area contributed by atoms with Crippen LogP contribution in [0.1, 0.15) is 5.56 Å². The van der Waals surface area contributed by atoms with E-state index < -0.39 is 17.6 Å². The van der Waals surface area contributed by atoms with Gasteiger partial charge in [-0.15, -0.1) is 13.2 Å². The van der Waals surface area contributed by atoms with Gasteiger partial charge < -0.3 is 14.6 Å². The summed E-state index contributed by atoms with van der Waals surface area (Å²) in [6.45, 7) is 3.28. The highest BCUT2D eigenvalue weighted by atomic mass is 19.4. The van der Waals surface area contributed by atoms with Gasteiger partial charge in [-0.05, 0) is 17.7 Å². The van der Waals surface area contributed by atoms with Gasteiger partial charge in [0.15, 0.2) is 5.52 Å². The maximum atomic E-state index is 12.3. The molecule has 4 rings (SSSR count). The zero-order valence-electron chi connectivity index (χ0n) is 16.9. The minimum Gasteiger partial charge on any atom is -0.406 e. The molecule has 2 aromatic heterocycles. The average Bonchev–Trinajstić information content (AvgIpc) is 3.17. The van der Waals surface area contributed by atoms with Gasteiger partial charge in [-0.25, -0.2) is 9.78 Å². The SMILES string of the molecule is Cn1c(=O)c2nc(N3CCN(Cc4ccc(OC(F)(F)F)cc4)CC3)[nH]c2n(C)c1=O. The molecule has 0 radical (unpaired) electrons. The fourth-order valence-electron chi connectivity index (χ4n) is 3.63. The van der Waals surface area contributed by atoms with Crippen molar-refractivity contribution in [2.24, 2.45) is 14.1 Å². The molecule has 3 aromatic rings. The number of aromatic amines is 1. The molecule has 0 aliphatic carbocycles. The number of benzene rings is 1. The van der Waals surface area contributed by atoms with Crippen molar-refractivity contribution in [3.8, 4) is 5.75 Å². The number of halogens is 3. The molecule has 3 heterocycles. The molecule has 0 atom stereocenters. The third-order valence-electron chi connectivity index (χ3n) is 5.32. The predicted molar refractivity (Wildman–Crippen MR) is 107 cm³/mol. The molecule has 1 saturated heterocycles. The number of hydrogen-bond acceptors (Lipinski definition) is 6. The predicted octanol–water partition coefficient (Wildman–Crippen LogP) is 1.18. The smallest absolute Gasteiger partial charge is 0.406 e. The van der Waals surface area contributed by atoms with Crippen LogP contribution in [-0.4, -0.2) is 56.5 Å². The minimum absolute atomic E-state index is 0.211. The van der Waals surface area contributed by atoms with Gasteiger partial charge in [0.2, 0.25) is 5.95 Å². The van der Waals surface area contributed by atoms with Crippen LogP contribution in [0.3, 0.4) is 0 Å². The Kier molecular flexibility index (Phi) is 5.25. The largest absolute Gasteiger partial charge is 0.573 e. The number of nitrogens with one attached hydrogen (secondary N) is 1. The quantitative estimate of drug-likeness (QED) is 0.658. The number of H-pyrrole nitrogens is 1. The van der Waals surface area contributed by atoms with Crippen molar-refractivity contribution in [3.05, 3.63) is 50.7 Å². The maximum Gasteiger partial charge on any atom is 0.573 e. The Bertz CT molecular complexity index is 1200. The molecular weight excluding hydrogens is 417 g/mol. The molecule has 1 aliphatic rings. The summed E-state index contributed by atoms with van der Waals surface area (Å²) in [4.78, 5) is 36.1. The molecule has 166 valence electrons. The second-order valence-electron chi connectivity index (χ2n) is 7.42. The molecule has 31 heavy (non-hydrogen) atoms. The first-order chi connectivity index (χ1) is 14.6. The lowest BCUT2D eigenvalue weighted by Gasteiger charge is -2.34. The molecular formula is C19H21F3N6O3. The molecule has 0 unspecified atom stereocenters. The molecule has 1 N–H and O–H groups in total. The first kappa shape index (κ1) is 21.0. The van der Waals surface area contributed by atoms with Gasteiger partial charge >= 0.3 is 12.1 Å². The standard InChI is InChI=1S/C19H21F3N6O3/c1-25-15-14(16(29)26(2)18(25)30)23-17(24-15)28-9-7-27(8-10-28)11-12-3-5-13(6-4-12)31-19(20,21)22/h3-6H,7-11H2,1-2H3,(H,23,24). The number of ether oxygens (including phenoxy) is 1. The molecule has 12 heteroatoms. The fraction of sp³-hybridized carbons (Fsp3) is 0.421. The summed E-state index contributed by atoms with van der Waals surface area (Å²) < 4.78 is 43.1. The topological polar surface area (TPSA) is 88.4 Å². The number of rotatable bonds is 4. The zero-order valence-corrected chi connectivity index (χ0v) is 16.9. The molecule has 0 amide bonds. The third kappa shape index (κ3) is 4.29. The average molecular weight is 438 g/mol. The second-order valence-corrected chi connectivity index (χ2v) is 7.42. The van der Waals surface area contributed by atoms with Crippen LogP contribution in [0.25, 0.3) is 11.2 Å². The summed E-state index contributed by atoms with van der Waals surface area (Å²) in [7, 11) is 2.99.